The maximum atomic E-state index is 10.8. The third kappa shape index (κ3) is 2.88. The number of aromatic nitrogens is 3. The molecule has 3 rings (SSSR count). The van der Waals surface area contributed by atoms with E-state index in [1.165, 1.54) is 0 Å². The monoisotopic (exact) mass is 326 g/mol. The summed E-state index contributed by atoms with van der Waals surface area (Å²) in [5.41, 5.74) is 1.42. The van der Waals surface area contributed by atoms with Gasteiger partial charge in [0.2, 0.25) is 0 Å². The molecule has 1 aliphatic rings. The van der Waals surface area contributed by atoms with Gasteiger partial charge in [0, 0.05) is 19.6 Å². The Balaban J connectivity index is 1.70. The van der Waals surface area contributed by atoms with Crippen molar-refractivity contribution in [3.63, 3.8) is 0 Å². The molecule has 2 heterocycles. The molecule has 110 valence electrons. The first-order valence-electron chi connectivity index (χ1n) is 6.35. The lowest BCUT2D eigenvalue weighted by atomic mass is 10.0. The van der Waals surface area contributed by atoms with Crippen molar-refractivity contribution in [2.24, 2.45) is 5.92 Å². The van der Waals surface area contributed by atoms with Crippen LogP contribution in [0.25, 0.3) is 5.69 Å². The number of rotatable bonds is 4. The molecule has 0 radical (unpaired) electrons. The van der Waals surface area contributed by atoms with Crippen LogP contribution in [-0.4, -0.2) is 44.1 Å². The zero-order valence-electron chi connectivity index (χ0n) is 10.9. The molecule has 0 saturated carbocycles. The lowest BCUT2D eigenvalue weighted by molar-refractivity contribution is -0.147. The molecule has 1 fully saturated rings. The van der Waals surface area contributed by atoms with E-state index in [2.05, 4.69) is 10.3 Å². The summed E-state index contributed by atoms with van der Waals surface area (Å²) in [6.07, 6.45) is 1.77. The SMILES string of the molecule is O=C(O)C1CN(Cc2cn(-c3cccc(Cl)c3Cl)nn2)C1. The Morgan fingerprint density at radius 3 is 2.86 bits per heavy atom. The second-order valence-corrected chi connectivity index (χ2v) is 5.74. The van der Waals surface area contributed by atoms with Crippen molar-refractivity contribution < 1.29 is 9.90 Å². The predicted octanol–water partition coefficient (Wildman–Crippen LogP) is 2.09. The second-order valence-electron chi connectivity index (χ2n) is 4.96. The highest BCUT2D eigenvalue weighted by molar-refractivity contribution is 6.43. The maximum Gasteiger partial charge on any atom is 0.309 e. The second kappa shape index (κ2) is 5.63. The van der Waals surface area contributed by atoms with Crippen LogP contribution in [0.1, 0.15) is 5.69 Å². The number of hydrogen-bond donors (Lipinski definition) is 1. The van der Waals surface area contributed by atoms with E-state index < -0.39 is 5.97 Å². The van der Waals surface area contributed by atoms with Crippen molar-refractivity contribution in [1.29, 1.82) is 0 Å². The van der Waals surface area contributed by atoms with Gasteiger partial charge < -0.3 is 5.11 Å². The number of aliphatic carboxylic acids is 1. The maximum absolute atomic E-state index is 10.8. The molecule has 2 aromatic rings. The van der Waals surface area contributed by atoms with Crippen molar-refractivity contribution >= 4 is 29.2 Å². The van der Waals surface area contributed by atoms with Gasteiger partial charge in [0.1, 0.15) is 0 Å². The minimum atomic E-state index is -0.749. The zero-order valence-corrected chi connectivity index (χ0v) is 12.4. The quantitative estimate of drug-likeness (QED) is 0.931. The van der Waals surface area contributed by atoms with Gasteiger partial charge in [-0.15, -0.1) is 5.10 Å². The van der Waals surface area contributed by atoms with E-state index in [0.717, 1.165) is 5.69 Å². The van der Waals surface area contributed by atoms with Crippen LogP contribution in [0.5, 0.6) is 0 Å². The van der Waals surface area contributed by atoms with Gasteiger partial charge in [0.15, 0.2) is 0 Å². The lowest BCUT2D eigenvalue weighted by Crippen LogP contribution is -2.49. The molecule has 1 aromatic heterocycles. The predicted molar refractivity (Wildman–Crippen MR) is 77.8 cm³/mol. The van der Waals surface area contributed by atoms with Crippen LogP contribution in [0, 0.1) is 5.92 Å². The number of carboxylic acids is 1. The molecule has 0 bridgehead atoms. The van der Waals surface area contributed by atoms with E-state index in [9.17, 15) is 4.79 Å². The van der Waals surface area contributed by atoms with Gasteiger partial charge in [-0.25, -0.2) is 4.68 Å². The molecule has 6 nitrogen and oxygen atoms in total. The lowest BCUT2D eigenvalue weighted by Gasteiger charge is -2.35. The molecule has 0 aliphatic carbocycles. The van der Waals surface area contributed by atoms with Crippen molar-refractivity contribution in [3.05, 3.63) is 40.1 Å². The van der Waals surface area contributed by atoms with E-state index in [1.807, 2.05) is 4.90 Å². The Morgan fingerprint density at radius 1 is 1.38 bits per heavy atom. The van der Waals surface area contributed by atoms with E-state index in [0.29, 0.717) is 35.4 Å². The number of benzene rings is 1. The number of nitrogens with zero attached hydrogens (tertiary/aromatic N) is 4. The summed E-state index contributed by atoms with van der Waals surface area (Å²) in [6.45, 7) is 1.65. The normalized spacial score (nSPS) is 15.9. The summed E-state index contributed by atoms with van der Waals surface area (Å²) in [6, 6.07) is 5.30. The fraction of sp³-hybridized carbons (Fsp3) is 0.308. The molecule has 0 spiro atoms. The van der Waals surface area contributed by atoms with Gasteiger partial charge in [-0.05, 0) is 12.1 Å². The summed E-state index contributed by atoms with van der Waals surface area (Å²) in [7, 11) is 0. The molecule has 0 amide bonds. The van der Waals surface area contributed by atoms with Crippen molar-refractivity contribution in [3.8, 4) is 5.69 Å². The Bertz CT molecular complexity index is 683. The van der Waals surface area contributed by atoms with E-state index >= 15 is 0 Å². The first kappa shape index (κ1) is 14.3. The van der Waals surface area contributed by atoms with Gasteiger partial charge >= 0.3 is 5.97 Å². The molecule has 1 saturated heterocycles. The van der Waals surface area contributed by atoms with E-state index in [-0.39, 0.29) is 5.92 Å². The third-order valence-corrected chi connectivity index (χ3v) is 4.22. The highest BCUT2D eigenvalue weighted by atomic mass is 35.5. The van der Waals surface area contributed by atoms with E-state index in [1.54, 1.807) is 29.1 Å². The van der Waals surface area contributed by atoms with Crippen molar-refractivity contribution in [2.75, 3.05) is 13.1 Å². The Morgan fingerprint density at radius 2 is 2.14 bits per heavy atom. The van der Waals surface area contributed by atoms with Crippen molar-refractivity contribution in [1.82, 2.24) is 19.9 Å². The van der Waals surface area contributed by atoms with Crippen LogP contribution in [-0.2, 0) is 11.3 Å². The largest absolute Gasteiger partial charge is 0.481 e. The molecular weight excluding hydrogens is 315 g/mol. The minimum Gasteiger partial charge on any atom is -0.481 e. The smallest absolute Gasteiger partial charge is 0.309 e. The molecule has 1 aliphatic heterocycles. The molecule has 0 unspecified atom stereocenters. The fourth-order valence-corrected chi connectivity index (χ4v) is 2.62. The molecule has 8 heteroatoms. The summed E-state index contributed by atoms with van der Waals surface area (Å²) in [5.74, 6) is -1.02. The zero-order chi connectivity index (χ0) is 15.0. The first-order valence-corrected chi connectivity index (χ1v) is 7.11. The van der Waals surface area contributed by atoms with Crippen LogP contribution in [0.15, 0.2) is 24.4 Å². The first-order chi connectivity index (χ1) is 10.0. The molecule has 0 atom stereocenters. The van der Waals surface area contributed by atoms with Gasteiger partial charge in [0.05, 0.1) is 33.5 Å². The van der Waals surface area contributed by atoms with Gasteiger partial charge in [-0.3, -0.25) is 9.69 Å². The Hall–Kier alpha value is -1.63. The summed E-state index contributed by atoms with van der Waals surface area (Å²) >= 11 is 12.1. The Kier molecular flexibility index (Phi) is 3.84. The molecule has 1 N–H and O–H groups in total. The minimum absolute atomic E-state index is 0.276. The average Bonchev–Trinajstić information content (AvgIpc) is 2.84. The van der Waals surface area contributed by atoms with E-state index in [4.69, 9.17) is 28.3 Å². The standard InChI is InChI=1S/C13H12Cl2N4O2/c14-10-2-1-3-11(12(10)15)19-7-9(16-17-19)6-18-4-8(5-18)13(20)21/h1-3,7-8H,4-6H2,(H,20,21). The summed E-state index contributed by atoms with van der Waals surface area (Å²) < 4.78 is 1.57. The van der Waals surface area contributed by atoms with Crippen LogP contribution >= 0.6 is 23.2 Å². The Labute approximate surface area is 130 Å². The number of hydrogen-bond acceptors (Lipinski definition) is 4. The molecular formula is C13H12Cl2N4O2. The van der Waals surface area contributed by atoms with Gasteiger partial charge in [-0.2, -0.15) is 0 Å². The topological polar surface area (TPSA) is 71.2 Å². The molecule has 1 aromatic carbocycles. The summed E-state index contributed by atoms with van der Waals surface area (Å²) in [5, 5.41) is 17.8. The third-order valence-electron chi connectivity index (χ3n) is 3.41. The van der Waals surface area contributed by atoms with Crippen LogP contribution in [0.2, 0.25) is 10.0 Å². The van der Waals surface area contributed by atoms with Crippen LogP contribution < -0.4 is 0 Å². The van der Waals surface area contributed by atoms with Crippen molar-refractivity contribution in [2.45, 2.75) is 6.54 Å². The van der Waals surface area contributed by atoms with Gasteiger partial charge in [0.25, 0.3) is 0 Å². The van der Waals surface area contributed by atoms with Crippen LogP contribution in [0.4, 0.5) is 0 Å². The fourth-order valence-electron chi connectivity index (χ4n) is 2.24. The number of likely N-dealkylation sites (tertiary alicyclic amines) is 1. The average molecular weight is 327 g/mol. The molecule has 21 heavy (non-hydrogen) atoms. The summed E-state index contributed by atoms with van der Waals surface area (Å²) in [4.78, 5) is 12.8. The number of halogens is 2. The van der Waals surface area contributed by atoms with Gasteiger partial charge in [-0.1, -0.05) is 34.5 Å². The number of carboxylic acid groups (broad SMARTS) is 1. The van der Waals surface area contributed by atoms with Crippen LogP contribution in [0.3, 0.4) is 0 Å². The highest BCUT2D eigenvalue weighted by Crippen LogP contribution is 2.28. The highest BCUT2D eigenvalue weighted by Gasteiger charge is 2.32. The number of carbonyl (C=O) groups is 1.